The summed E-state index contributed by atoms with van der Waals surface area (Å²) in [6.45, 7) is 5.00. The van der Waals surface area contributed by atoms with Crippen LogP contribution in [0.2, 0.25) is 0 Å². The molecule has 1 aliphatic heterocycles. The Morgan fingerprint density at radius 1 is 0.784 bits per heavy atom. The lowest BCUT2D eigenvalue weighted by Crippen LogP contribution is -2.63. The molecule has 1 aromatic rings. The van der Waals surface area contributed by atoms with Gasteiger partial charge in [-0.3, -0.25) is 23.4 Å². The van der Waals surface area contributed by atoms with Crippen molar-refractivity contribution in [2.45, 2.75) is 70.2 Å². The summed E-state index contributed by atoms with van der Waals surface area (Å²) in [7, 11) is -4.08. The predicted octanol–water partition coefficient (Wildman–Crippen LogP) is 0.800. The average molecular weight is 547 g/mol. The van der Waals surface area contributed by atoms with E-state index in [2.05, 4.69) is 0 Å². The third-order valence-corrected chi connectivity index (χ3v) is 6.19. The molecule has 14 heteroatoms. The van der Waals surface area contributed by atoms with Crippen LogP contribution in [0.25, 0.3) is 0 Å². The maximum absolute atomic E-state index is 12.4. The van der Waals surface area contributed by atoms with Gasteiger partial charge in [0.1, 0.15) is 12.7 Å². The summed E-state index contributed by atoms with van der Waals surface area (Å²) in [5.41, 5.74) is 0.867. The molecule has 0 radical (unpaired) electrons. The molecular formula is C23H30O13S. The highest BCUT2D eigenvalue weighted by Gasteiger charge is 2.52. The first kappa shape index (κ1) is 30.2. The number of esters is 4. The Morgan fingerprint density at radius 3 is 1.86 bits per heavy atom. The van der Waals surface area contributed by atoms with Crippen molar-refractivity contribution < 1.29 is 60.2 Å². The van der Waals surface area contributed by atoms with Crippen LogP contribution in [0.4, 0.5) is 0 Å². The molecule has 0 amide bonds. The highest BCUT2D eigenvalue weighted by atomic mass is 32.2. The minimum atomic E-state index is -4.08. The molecule has 0 unspecified atom stereocenters. The van der Waals surface area contributed by atoms with E-state index in [1.165, 1.54) is 12.1 Å². The van der Waals surface area contributed by atoms with Gasteiger partial charge in [-0.15, -0.1) is 0 Å². The Morgan fingerprint density at radius 2 is 1.32 bits per heavy atom. The predicted molar refractivity (Wildman–Crippen MR) is 122 cm³/mol. The van der Waals surface area contributed by atoms with Gasteiger partial charge in [0, 0.05) is 27.7 Å². The normalized spacial score (nSPS) is 23.5. The number of hydrogen-bond donors (Lipinski definition) is 0. The van der Waals surface area contributed by atoms with Crippen LogP contribution in [0.1, 0.15) is 33.3 Å². The van der Waals surface area contributed by atoms with Crippen LogP contribution in [-0.4, -0.2) is 82.8 Å². The van der Waals surface area contributed by atoms with Gasteiger partial charge in [-0.05, 0) is 19.1 Å². The highest BCUT2D eigenvalue weighted by Crippen LogP contribution is 2.30. The van der Waals surface area contributed by atoms with E-state index in [1.54, 1.807) is 19.1 Å². The summed E-state index contributed by atoms with van der Waals surface area (Å²) in [4.78, 5) is 46.7. The summed E-state index contributed by atoms with van der Waals surface area (Å²) in [5.74, 6) is -3.02. The second-order valence-electron chi connectivity index (χ2n) is 8.03. The maximum atomic E-state index is 12.4. The molecule has 1 heterocycles. The summed E-state index contributed by atoms with van der Waals surface area (Å²) in [6.07, 6.45) is -6.78. The van der Waals surface area contributed by atoms with Crippen LogP contribution in [0, 0.1) is 6.92 Å². The molecule has 1 fully saturated rings. The second kappa shape index (κ2) is 13.5. The zero-order valence-electron chi connectivity index (χ0n) is 21.0. The minimum absolute atomic E-state index is 0.0506. The van der Waals surface area contributed by atoms with Crippen LogP contribution in [-0.2, 0) is 61.9 Å². The average Bonchev–Trinajstić information content (AvgIpc) is 2.78. The van der Waals surface area contributed by atoms with Crippen LogP contribution in [0.5, 0.6) is 0 Å². The first-order chi connectivity index (χ1) is 17.3. The Bertz CT molecular complexity index is 1070. The molecule has 2 rings (SSSR count). The van der Waals surface area contributed by atoms with Crippen molar-refractivity contribution in [1.82, 2.24) is 0 Å². The number of aryl methyl sites for hydroxylation is 1. The topological polar surface area (TPSA) is 167 Å². The van der Waals surface area contributed by atoms with Crippen LogP contribution in [0.15, 0.2) is 29.2 Å². The first-order valence-corrected chi connectivity index (χ1v) is 12.6. The fraction of sp³-hybridized carbons (Fsp3) is 0.565. The van der Waals surface area contributed by atoms with E-state index in [4.69, 9.17) is 32.6 Å². The van der Waals surface area contributed by atoms with Gasteiger partial charge in [0.2, 0.25) is 0 Å². The molecule has 0 aliphatic carbocycles. The highest BCUT2D eigenvalue weighted by molar-refractivity contribution is 7.86. The molecule has 5 atom stereocenters. The fourth-order valence-electron chi connectivity index (χ4n) is 3.40. The van der Waals surface area contributed by atoms with E-state index < -0.39 is 77.9 Å². The first-order valence-electron chi connectivity index (χ1n) is 11.2. The van der Waals surface area contributed by atoms with E-state index in [-0.39, 0.29) is 11.5 Å². The van der Waals surface area contributed by atoms with Gasteiger partial charge in [-0.1, -0.05) is 17.7 Å². The maximum Gasteiger partial charge on any atom is 0.303 e. The largest absolute Gasteiger partial charge is 0.463 e. The smallest absolute Gasteiger partial charge is 0.303 e. The molecule has 0 bridgehead atoms. The van der Waals surface area contributed by atoms with Crippen molar-refractivity contribution in [3.63, 3.8) is 0 Å². The molecule has 0 N–H and O–H groups in total. The van der Waals surface area contributed by atoms with Crippen LogP contribution >= 0.6 is 0 Å². The van der Waals surface area contributed by atoms with Crippen molar-refractivity contribution in [1.29, 1.82) is 0 Å². The number of hydrogen-bond acceptors (Lipinski definition) is 13. The lowest BCUT2D eigenvalue weighted by atomic mass is 9.98. The Hall–Kier alpha value is -3.07. The van der Waals surface area contributed by atoms with Gasteiger partial charge in [-0.2, -0.15) is 8.42 Å². The van der Waals surface area contributed by atoms with Crippen molar-refractivity contribution in [3.05, 3.63) is 29.8 Å². The number of rotatable bonds is 11. The molecule has 0 saturated carbocycles. The second-order valence-corrected chi connectivity index (χ2v) is 9.64. The Balaban J connectivity index is 2.22. The Kier molecular flexibility index (Phi) is 11.0. The monoisotopic (exact) mass is 546 g/mol. The molecule has 206 valence electrons. The van der Waals surface area contributed by atoms with E-state index >= 15 is 0 Å². The SMILES string of the molecule is CC(=O)OC[C@H]1O[C@@H](OCCOS(=O)(=O)c2ccc(C)cc2)[C@H](OC(C)=O)[C@@H](OC(C)=O)[C@@H]1OC(C)=O. The number of ether oxygens (including phenoxy) is 6. The molecule has 0 aromatic heterocycles. The van der Waals surface area contributed by atoms with Gasteiger partial charge < -0.3 is 28.4 Å². The molecule has 1 aliphatic rings. The van der Waals surface area contributed by atoms with Crippen LogP contribution in [0.3, 0.4) is 0 Å². The van der Waals surface area contributed by atoms with Crippen molar-refractivity contribution in [3.8, 4) is 0 Å². The third-order valence-electron chi connectivity index (χ3n) is 4.86. The van der Waals surface area contributed by atoms with Crippen molar-refractivity contribution >= 4 is 34.0 Å². The van der Waals surface area contributed by atoms with Gasteiger partial charge in [0.15, 0.2) is 24.6 Å². The minimum Gasteiger partial charge on any atom is -0.463 e. The summed E-state index contributed by atoms with van der Waals surface area (Å²) < 4.78 is 61.9. The van der Waals surface area contributed by atoms with Crippen LogP contribution < -0.4 is 0 Å². The zero-order valence-corrected chi connectivity index (χ0v) is 21.8. The third kappa shape index (κ3) is 9.39. The molecule has 13 nitrogen and oxygen atoms in total. The van der Waals surface area contributed by atoms with Gasteiger partial charge in [-0.25, -0.2) is 0 Å². The fourth-order valence-corrected chi connectivity index (χ4v) is 4.30. The summed E-state index contributed by atoms with van der Waals surface area (Å²) in [6, 6.07) is 6.02. The van der Waals surface area contributed by atoms with E-state index in [9.17, 15) is 27.6 Å². The molecular weight excluding hydrogens is 516 g/mol. The molecule has 1 saturated heterocycles. The number of carbonyl (C=O) groups excluding carboxylic acids is 4. The molecule has 37 heavy (non-hydrogen) atoms. The van der Waals surface area contributed by atoms with Gasteiger partial charge in [0.25, 0.3) is 10.1 Å². The van der Waals surface area contributed by atoms with Crippen molar-refractivity contribution in [2.24, 2.45) is 0 Å². The quantitative estimate of drug-likeness (QED) is 0.166. The Labute approximate surface area is 214 Å². The van der Waals surface area contributed by atoms with Crippen molar-refractivity contribution in [2.75, 3.05) is 19.8 Å². The summed E-state index contributed by atoms with van der Waals surface area (Å²) >= 11 is 0. The van der Waals surface area contributed by atoms with E-state index in [0.29, 0.717) is 0 Å². The lowest BCUT2D eigenvalue weighted by Gasteiger charge is -2.44. The van der Waals surface area contributed by atoms with Gasteiger partial charge >= 0.3 is 23.9 Å². The standard InChI is InChI=1S/C23H30O13S/c1-13-6-8-18(9-7-13)37(28,29)32-11-10-30-23-22(35-17(5)27)21(34-16(4)26)20(33-15(3)25)19(36-23)12-31-14(2)24/h6-9,19-23H,10-12H2,1-5H3/t19-,20-,21+,22-,23-/m1/s1. The number of carbonyl (C=O) groups is 4. The zero-order chi connectivity index (χ0) is 27.8. The molecule has 0 spiro atoms. The summed E-state index contributed by atoms with van der Waals surface area (Å²) in [5, 5.41) is 0. The lowest BCUT2D eigenvalue weighted by molar-refractivity contribution is -0.308. The number of benzene rings is 1. The molecule has 1 aromatic carbocycles. The van der Waals surface area contributed by atoms with Gasteiger partial charge in [0.05, 0.1) is 18.1 Å². The van der Waals surface area contributed by atoms with E-state index in [0.717, 1.165) is 33.3 Å². The van der Waals surface area contributed by atoms with E-state index in [1.807, 2.05) is 0 Å².